The molecule has 1 fully saturated rings. The molecule has 1 heterocycles. The van der Waals surface area contributed by atoms with E-state index in [-0.39, 0.29) is 30.7 Å². The van der Waals surface area contributed by atoms with Crippen molar-refractivity contribution < 1.29 is 23.9 Å². The quantitative estimate of drug-likeness (QED) is 0.455. The molecule has 8 nitrogen and oxygen atoms in total. The first-order valence-electron chi connectivity index (χ1n) is 11.4. The molecule has 3 amide bonds. The number of carbonyl (C=O) groups excluding carboxylic acids is 3. The highest BCUT2D eigenvalue weighted by Crippen LogP contribution is 2.27. The molecule has 0 aliphatic carbocycles. The molecule has 0 unspecified atom stereocenters. The number of hydrogen-bond acceptors (Lipinski definition) is 5. The van der Waals surface area contributed by atoms with Gasteiger partial charge >= 0.3 is 0 Å². The van der Waals surface area contributed by atoms with Crippen LogP contribution >= 0.6 is 11.6 Å². The molecule has 36 heavy (non-hydrogen) atoms. The zero-order valence-electron chi connectivity index (χ0n) is 19.7. The van der Waals surface area contributed by atoms with Crippen LogP contribution in [0.15, 0.2) is 72.8 Å². The van der Waals surface area contributed by atoms with Gasteiger partial charge in [0.05, 0.1) is 13.0 Å². The van der Waals surface area contributed by atoms with Gasteiger partial charge in [0.15, 0.2) is 6.61 Å². The summed E-state index contributed by atoms with van der Waals surface area (Å²) in [5.74, 6) is 0.233. The Balaban J connectivity index is 1.25. The molecular weight excluding hydrogens is 482 g/mol. The maximum absolute atomic E-state index is 12.6. The minimum absolute atomic E-state index is 0.115. The molecule has 0 saturated carbocycles. The third kappa shape index (κ3) is 6.55. The van der Waals surface area contributed by atoms with Crippen LogP contribution in [0, 0.1) is 5.92 Å². The van der Waals surface area contributed by atoms with E-state index in [4.69, 9.17) is 21.1 Å². The minimum atomic E-state index is -0.428. The van der Waals surface area contributed by atoms with Gasteiger partial charge in [-0.15, -0.1) is 0 Å². The lowest BCUT2D eigenvalue weighted by Crippen LogP contribution is -2.32. The molecule has 3 aromatic rings. The van der Waals surface area contributed by atoms with E-state index in [0.717, 1.165) is 11.3 Å². The van der Waals surface area contributed by atoms with Gasteiger partial charge in [0.1, 0.15) is 11.5 Å². The van der Waals surface area contributed by atoms with Crippen LogP contribution in [0.25, 0.3) is 0 Å². The minimum Gasteiger partial charge on any atom is -0.497 e. The second kappa shape index (κ2) is 11.6. The van der Waals surface area contributed by atoms with Crippen LogP contribution in [0.2, 0.25) is 5.02 Å². The van der Waals surface area contributed by atoms with Gasteiger partial charge in [-0.1, -0.05) is 23.7 Å². The van der Waals surface area contributed by atoms with Crippen molar-refractivity contribution in [3.63, 3.8) is 0 Å². The summed E-state index contributed by atoms with van der Waals surface area (Å²) in [4.78, 5) is 38.9. The highest BCUT2D eigenvalue weighted by molar-refractivity contribution is 6.30. The van der Waals surface area contributed by atoms with Crippen molar-refractivity contribution in [2.45, 2.75) is 13.0 Å². The van der Waals surface area contributed by atoms with Gasteiger partial charge < -0.3 is 25.0 Å². The Kier molecular flexibility index (Phi) is 8.07. The number of anilines is 2. The Labute approximate surface area is 214 Å². The van der Waals surface area contributed by atoms with Gasteiger partial charge in [-0.05, 0) is 66.2 Å². The first-order valence-corrected chi connectivity index (χ1v) is 11.8. The van der Waals surface area contributed by atoms with E-state index < -0.39 is 5.92 Å². The summed E-state index contributed by atoms with van der Waals surface area (Å²) in [6, 6.07) is 21.1. The van der Waals surface area contributed by atoms with E-state index in [9.17, 15) is 14.4 Å². The Morgan fingerprint density at radius 2 is 1.64 bits per heavy atom. The average molecular weight is 508 g/mol. The smallest absolute Gasteiger partial charge is 0.262 e. The molecule has 0 aromatic heterocycles. The lowest BCUT2D eigenvalue weighted by Gasteiger charge is -2.17. The van der Waals surface area contributed by atoms with E-state index in [1.54, 1.807) is 60.5 Å². The molecule has 4 rings (SSSR count). The summed E-state index contributed by atoms with van der Waals surface area (Å²) < 4.78 is 10.7. The summed E-state index contributed by atoms with van der Waals surface area (Å²) >= 11 is 5.84. The Morgan fingerprint density at radius 1 is 0.972 bits per heavy atom. The molecule has 0 radical (unpaired) electrons. The number of ether oxygens (including phenoxy) is 2. The molecule has 1 saturated heterocycles. The van der Waals surface area contributed by atoms with Crippen LogP contribution in [0.3, 0.4) is 0 Å². The number of rotatable bonds is 9. The Morgan fingerprint density at radius 3 is 2.31 bits per heavy atom. The van der Waals surface area contributed by atoms with Crippen molar-refractivity contribution in [2.75, 3.05) is 30.5 Å². The molecule has 0 bridgehead atoms. The zero-order valence-corrected chi connectivity index (χ0v) is 20.5. The average Bonchev–Trinajstić information content (AvgIpc) is 3.29. The van der Waals surface area contributed by atoms with Crippen molar-refractivity contribution in [2.24, 2.45) is 5.92 Å². The number of amides is 3. The highest BCUT2D eigenvalue weighted by Gasteiger charge is 2.35. The summed E-state index contributed by atoms with van der Waals surface area (Å²) in [6.07, 6.45) is 0.150. The lowest BCUT2D eigenvalue weighted by atomic mass is 10.1. The molecule has 1 atom stereocenters. The standard InChI is InChI=1S/C27H26ClN3O5/c1-35-23-10-2-18(3-11-23)15-29-27(34)19-14-26(33)31(16-19)22-8-12-24(13-9-22)36-17-25(32)30-21-6-4-20(28)5-7-21/h2-13,19H,14-17H2,1H3,(H,29,34)(H,30,32)/t19-/m1/s1. The number of methoxy groups -OCH3 is 1. The van der Waals surface area contributed by atoms with E-state index in [0.29, 0.717) is 35.2 Å². The fourth-order valence-corrected chi connectivity index (χ4v) is 3.94. The van der Waals surface area contributed by atoms with Crippen molar-refractivity contribution in [1.82, 2.24) is 5.32 Å². The van der Waals surface area contributed by atoms with E-state index in [2.05, 4.69) is 10.6 Å². The number of halogens is 1. The SMILES string of the molecule is COc1ccc(CNC(=O)[C@@H]2CC(=O)N(c3ccc(OCC(=O)Nc4ccc(Cl)cc4)cc3)C2)cc1. The monoisotopic (exact) mass is 507 g/mol. The third-order valence-electron chi connectivity index (χ3n) is 5.77. The molecule has 3 aromatic carbocycles. The number of nitrogens with zero attached hydrogens (tertiary/aromatic N) is 1. The first kappa shape index (κ1) is 25.1. The number of nitrogens with one attached hydrogen (secondary N) is 2. The fourth-order valence-electron chi connectivity index (χ4n) is 3.81. The lowest BCUT2D eigenvalue weighted by molar-refractivity contribution is -0.126. The van der Waals surface area contributed by atoms with Crippen LogP contribution in [0.1, 0.15) is 12.0 Å². The maximum atomic E-state index is 12.6. The van der Waals surface area contributed by atoms with E-state index >= 15 is 0 Å². The number of hydrogen-bond donors (Lipinski definition) is 2. The number of benzene rings is 3. The summed E-state index contributed by atoms with van der Waals surface area (Å²) in [5, 5.41) is 6.21. The molecule has 9 heteroatoms. The highest BCUT2D eigenvalue weighted by atomic mass is 35.5. The third-order valence-corrected chi connectivity index (χ3v) is 6.02. The predicted octanol–water partition coefficient (Wildman–Crippen LogP) is 4.04. The van der Waals surface area contributed by atoms with Crippen molar-refractivity contribution in [3.05, 3.63) is 83.4 Å². The number of carbonyl (C=O) groups is 3. The Hall–Kier alpha value is -4.04. The molecular formula is C27H26ClN3O5. The molecule has 186 valence electrons. The van der Waals surface area contributed by atoms with Crippen LogP contribution in [0.5, 0.6) is 11.5 Å². The van der Waals surface area contributed by atoms with Crippen LogP contribution in [0.4, 0.5) is 11.4 Å². The van der Waals surface area contributed by atoms with Crippen molar-refractivity contribution in [1.29, 1.82) is 0 Å². The van der Waals surface area contributed by atoms with Crippen molar-refractivity contribution in [3.8, 4) is 11.5 Å². The zero-order chi connectivity index (χ0) is 25.5. The van der Waals surface area contributed by atoms with E-state index in [1.165, 1.54) is 0 Å². The van der Waals surface area contributed by atoms with Gasteiger partial charge in [0.25, 0.3) is 5.91 Å². The van der Waals surface area contributed by atoms with Crippen LogP contribution in [-0.2, 0) is 20.9 Å². The van der Waals surface area contributed by atoms with Gasteiger partial charge in [0.2, 0.25) is 11.8 Å². The van der Waals surface area contributed by atoms with E-state index in [1.807, 2.05) is 24.3 Å². The molecule has 0 spiro atoms. The largest absolute Gasteiger partial charge is 0.497 e. The normalized spacial score (nSPS) is 14.9. The second-order valence-electron chi connectivity index (χ2n) is 8.31. The van der Waals surface area contributed by atoms with Crippen molar-refractivity contribution >= 4 is 40.7 Å². The maximum Gasteiger partial charge on any atom is 0.262 e. The van der Waals surface area contributed by atoms with Gasteiger partial charge in [-0.2, -0.15) is 0 Å². The van der Waals surface area contributed by atoms with Gasteiger partial charge in [-0.25, -0.2) is 0 Å². The summed E-state index contributed by atoms with van der Waals surface area (Å²) in [6.45, 7) is 0.517. The Bertz CT molecular complexity index is 1210. The molecule has 2 N–H and O–H groups in total. The molecule has 1 aliphatic heterocycles. The van der Waals surface area contributed by atoms with Crippen LogP contribution in [-0.4, -0.2) is 38.0 Å². The molecule has 1 aliphatic rings. The summed E-state index contributed by atoms with van der Waals surface area (Å²) in [5.41, 5.74) is 2.24. The fraction of sp³-hybridized carbons (Fsp3) is 0.222. The second-order valence-corrected chi connectivity index (χ2v) is 8.75. The first-order chi connectivity index (χ1) is 17.4. The van der Waals surface area contributed by atoms with Gasteiger partial charge in [-0.3, -0.25) is 14.4 Å². The van der Waals surface area contributed by atoms with Gasteiger partial charge in [0, 0.05) is 35.9 Å². The topological polar surface area (TPSA) is 97.0 Å². The van der Waals surface area contributed by atoms with Crippen LogP contribution < -0.4 is 25.0 Å². The predicted molar refractivity (Wildman–Crippen MR) is 137 cm³/mol. The summed E-state index contributed by atoms with van der Waals surface area (Å²) in [7, 11) is 1.60.